The van der Waals surface area contributed by atoms with Gasteiger partial charge in [-0.1, -0.05) is 37.3 Å². The first kappa shape index (κ1) is 23.7. The van der Waals surface area contributed by atoms with Crippen LogP contribution in [0.15, 0.2) is 49.1 Å². The fourth-order valence-electron chi connectivity index (χ4n) is 4.50. The van der Waals surface area contributed by atoms with E-state index in [0.29, 0.717) is 48.3 Å². The molecule has 186 valence electrons. The van der Waals surface area contributed by atoms with E-state index in [4.69, 9.17) is 14.5 Å². The van der Waals surface area contributed by atoms with Gasteiger partial charge in [0.25, 0.3) is 0 Å². The van der Waals surface area contributed by atoms with Crippen LogP contribution in [-0.2, 0) is 17.9 Å². The number of nitrogens with zero attached hydrogens (tertiary/aromatic N) is 7. The number of hydrogen-bond acceptors (Lipinski definition) is 8. The van der Waals surface area contributed by atoms with Gasteiger partial charge in [0.15, 0.2) is 11.2 Å². The van der Waals surface area contributed by atoms with Crippen LogP contribution in [0.1, 0.15) is 31.7 Å². The van der Waals surface area contributed by atoms with Gasteiger partial charge in [0.05, 0.1) is 12.1 Å². The topological polar surface area (TPSA) is 108 Å². The minimum Gasteiger partial charge on any atom is -0.470 e. The van der Waals surface area contributed by atoms with E-state index in [1.54, 1.807) is 17.3 Å². The quantitative estimate of drug-likeness (QED) is 0.384. The molecular formula is C26H29N7O3. The maximum Gasteiger partial charge on any atom is 0.410 e. The van der Waals surface area contributed by atoms with Crippen LogP contribution in [-0.4, -0.2) is 59.7 Å². The van der Waals surface area contributed by atoms with Crippen molar-refractivity contribution in [2.24, 2.45) is 5.92 Å². The molecule has 0 bridgehead atoms. The molecule has 1 fully saturated rings. The second kappa shape index (κ2) is 10.3. The average Bonchev–Trinajstić information content (AvgIpc) is 3.50. The molecule has 10 heteroatoms. The van der Waals surface area contributed by atoms with Crippen molar-refractivity contribution < 1.29 is 14.3 Å². The molecular weight excluding hydrogens is 458 g/mol. The summed E-state index contributed by atoms with van der Waals surface area (Å²) in [5.41, 5.74) is 3.01. The minimum absolute atomic E-state index is 0.150. The molecule has 0 saturated carbocycles. The number of rotatable bonds is 7. The molecule has 1 aromatic carbocycles. The second-order valence-electron chi connectivity index (χ2n) is 8.82. The molecule has 4 heterocycles. The zero-order valence-corrected chi connectivity index (χ0v) is 20.7. The summed E-state index contributed by atoms with van der Waals surface area (Å²) in [7, 11) is 0. The van der Waals surface area contributed by atoms with Crippen molar-refractivity contribution in [3.8, 4) is 17.3 Å². The van der Waals surface area contributed by atoms with Gasteiger partial charge in [0.2, 0.25) is 5.88 Å². The van der Waals surface area contributed by atoms with Gasteiger partial charge in [-0.2, -0.15) is 4.98 Å². The van der Waals surface area contributed by atoms with Crippen molar-refractivity contribution >= 4 is 17.3 Å². The molecule has 36 heavy (non-hydrogen) atoms. The highest BCUT2D eigenvalue weighted by Gasteiger charge is 2.37. The first-order chi connectivity index (χ1) is 17.6. The summed E-state index contributed by atoms with van der Waals surface area (Å²) in [4.78, 5) is 36.8. The summed E-state index contributed by atoms with van der Waals surface area (Å²) in [5, 5.41) is 0. The van der Waals surface area contributed by atoms with Crippen molar-refractivity contribution in [2.75, 3.05) is 13.1 Å². The number of ether oxygens (including phenoxy) is 2. The lowest BCUT2D eigenvalue weighted by Gasteiger charge is -2.18. The van der Waals surface area contributed by atoms with Gasteiger partial charge in [0.1, 0.15) is 30.7 Å². The van der Waals surface area contributed by atoms with Gasteiger partial charge in [-0.25, -0.2) is 24.7 Å². The van der Waals surface area contributed by atoms with E-state index >= 15 is 0 Å². The summed E-state index contributed by atoms with van der Waals surface area (Å²) in [6.07, 6.45) is 5.29. The van der Waals surface area contributed by atoms with E-state index in [-0.39, 0.29) is 24.7 Å². The normalized spacial score (nSPS) is 17.5. The van der Waals surface area contributed by atoms with Crippen LogP contribution in [0.4, 0.5) is 4.79 Å². The number of amides is 1. The zero-order chi connectivity index (χ0) is 25.1. The number of carbonyl (C=O) groups excluding carboxylic acids is 1. The lowest BCUT2D eigenvalue weighted by Crippen LogP contribution is -2.31. The van der Waals surface area contributed by atoms with Crippen LogP contribution >= 0.6 is 0 Å². The standard InChI is InChI=1S/C26H29N7O3/c1-4-19-13-32(26(34)35-15-18-9-7-6-8-10-18)14-21(19)36-25-22-24(29-16-30-25)33(5-2)23(31-22)20-11-27-17(3)28-12-20/h6-12,16,19,21H,4-5,13-15H2,1-3H3. The lowest BCUT2D eigenvalue weighted by atomic mass is 10.0. The summed E-state index contributed by atoms with van der Waals surface area (Å²) in [6.45, 7) is 7.87. The Morgan fingerprint density at radius 3 is 2.56 bits per heavy atom. The fraction of sp³-hybridized carbons (Fsp3) is 0.385. The molecule has 1 amide bonds. The third kappa shape index (κ3) is 4.71. The number of benzene rings is 1. The van der Waals surface area contributed by atoms with E-state index < -0.39 is 0 Å². The molecule has 10 nitrogen and oxygen atoms in total. The van der Waals surface area contributed by atoms with Crippen LogP contribution in [0.3, 0.4) is 0 Å². The largest absolute Gasteiger partial charge is 0.470 e. The molecule has 2 unspecified atom stereocenters. The number of aromatic nitrogens is 6. The summed E-state index contributed by atoms with van der Waals surface area (Å²) in [6, 6.07) is 9.66. The van der Waals surface area contributed by atoms with Gasteiger partial charge < -0.3 is 18.9 Å². The Kier molecular flexibility index (Phi) is 6.75. The fourth-order valence-corrected chi connectivity index (χ4v) is 4.50. The van der Waals surface area contributed by atoms with Gasteiger partial charge in [-0.3, -0.25) is 0 Å². The van der Waals surface area contributed by atoms with Gasteiger partial charge >= 0.3 is 6.09 Å². The third-order valence-electron chi connectivity index (χ3n) is 6.49. The monoisotopic (exact) mass is 487 g/mol. The van der Waals surface area contributed by atoms with E-state index in [2.05, 4.69) is 26.9 Å². The van der Waals surface area contributed by atoms with Crippen molar-refractivity contribution in [1.82, 2.24) is 34.4 Å². The minimum atomic E-state index is -0.340. The smallest absolute Gasteiger partial charge is 0.410 e. The van der Waals surface area contributed by atoms with Crippen LogP contribution in [0.2, 0.25) is 0 Å². The molecule has 0 aliphatic carbocycles. The van der Waals surface area contributed by atoms with Crippen LogP contribution in [0, 0.1) is 12.8 Å². The van der Waals surface area contributed by atoms with E-state index in [1.165, 1.54) is 6.33 Å². The highest BCUT2D eigenvalue weighted by atomic mass is 16.6. The molecule has 1 aliphatic rings. The Balaban J connectivity index is 1.36. The SMILES string of the molecule is CCC1CN(C(=O)OCc2ccccc2)CC1Oc1ncnc2c1nc(-c1cnc(C)nc1)n2CC. The summed E-state index contributed by atoms with van der Waals surface area (Å²) < 4.78 is 13.9. The van der Waals surface area contributed by atoms with E-state index in [9.17, 15) is 4.79 Å². The third-order valence-corrected chi connectivity index (χ3v) is 6.49. The molecule has 0 N–H and O–H groups in total. The predicted octanol–water partition coefficient (Wildman–Crippen LogP) is 4.04. The average molecular weight is 488 g/mol. The maximum atomic E-state index is 12.8. The summed E-state index contributed by atoms with van der Waals surface area (Å²) >= 11 is 0. The van der Waals surface area contributed by atoms with E-state index in [0.717, 1.165) is 17.5 Å². The number of fused-ring (bicyclic) bond motifs is 1. The molecule has 1 saturated heterocycles. The Morgan fingerprint density at radius 2 is 1.83 bits per heavy atom. The zero-order valence-electron chi connectivity index (χ0n) is 20.7. The van der Waals surface area contributed by atoms with E-state index in [1.807, 2.05) is 48.7 Å². The van der Waals surface area contributed by atoms with Gasteiger partial charge in [-0.15, -0.1) is 0 Å². The predicted molar refractivity (Wildman–Crippen MR) is 133 cm³/mol. The van der Waals surface area contributed by atoms with Gasteiger partial charge in [0, 0.05) is 31.4 Å². The molecule has 0 spiro atoms. The molecule has 0 radical (unpaired) electrons. The maximum absolute atomic E-state index is 12.8. The Labute approximate surface area is 209 Å². The number of hydrogen-bond donors (Lipinski definition) is 0. The van der Waals surface area contributed by atoms with Gasteiger partial charge in [-0.05, 0) is 25.8 Å². The molecule has 5 rings (SSSR count). The number of carbonyl (C=O) groups is 1. The van der Waals surface area contributed by atoms with Crippen molar-refractivity contribution in [2.45, 2.75) is 46.4 Å². The van der Waals surface area contributed by atoms with Crippen molar-refractivity contribution in [1.29, 1.82) is 0 Å². The molecule has 1 aliphatic heterocycles. The van der Waals surface area contributed by atoms with Crippen molar-refractivity contribution in [3.05, 3.63) is 60.4 Å². The van der Waals surface area contributed by atoms with Crippen LogP contribution in [0.5, 0.6) is 5.88 Å². The lowest BCUT2D eigenvalue weighted by molar-refractivity contribution is 0.0988. The van der Waals surface area contributed by atoms with Crippen LogP contribution < -0.4 is 4.74 Å². The number of likely N-dealkylation sites (tertiary alicyclic amines) is 1. The second-order valence-corrected chi connectivity index (χ2v) is 8.82. The highest BCUT2D eigenvalue weighted by molar-refractivity contribution is 5.81. The number of aryl methyl sites for hydroxylation is 2. The Hall–Kier alpha value is -4.08. The molecule has 3 aromatic heterocycles. The first-order valence-corrected chi connectivity index (χ1v) is 12.2. The summed E-state index contributed by atoms with van der Waals surface area (Å²) in [5.74, 6) is 1.96. The highest BCUT2D eigenvalue weighted by Crippen LogP contribution is 2.31. The molecule has 2 atom stereocenters. The Morgan fingerprint density at radius 1 is 1.06 bits per heavy atom. The molecule has 4 aromatic rings. The first-order valence-electron chi connectivity index (χ1n) is 12.2. The van der Waals surface area contributed by atoms with Crippen molar-refractivity contribution in [3.63, 3.8) is 0 Å². The number of imidazole rings is 1. The van der Waals surface area contributed by atoms with Crippen LogP contribution in [0.25, 0.3) is 22.6 Å². The Bertz CT molecular complexity index is 1340.